The van der Waals surface area contributed by atoms with Gasteiger partial charge in [0.05, 0.1) is 19.4 Å². The number of hydrogen-bond acceptors (Lipinski definition) is 6. The summed E-state index contributed by atoms with van der Waals surface area (Å²) in [6, 6.07) is 0. The van der Waals surface area contributed by atoms with E-state index in [1.165, 1.54) is 103 Å². The maximum atomic E-state index is 12.3. The van der Waals surface area contributed by atoms with Crippen molar-refractivity contribution in [1.82, 2.24) is 4.90 Å². The first-order valence-corrected chi connectivity index (χ1v) is 17.5. The van der Waals surface area contributed by atoms with Gasteiger partial charge in [-0.2, -0.15) is 0 Å². The van der Waals surface area contributed by atoms with Gasteiger partial charge in [0.1, 0.15) is 6.10 Å². The monoisotopic (exact) mass is 563 g/mol. The van der Waals surface area contributed by atoms with Crippen molar-refractivity contribution in [3.05, 3.63) is 0 Å². The van der Waals surface area contributed by atoms with Crippen molar-refractivity contribution in [2.45, 2.75) is 143 Å². The number of carbonyl (C=O) groups is 1. The number of hydrogen-bond donors (Lipinski definition) is 1. The largest absolute Gasteiger partial charge is 0.458 e. The molecular formula is C30H62NO6P. The van der Waals surface area contributed by atoms with Crippen LogP contribution in [0.3, 0.4) is 0 Å². The third kappa shape index (κ3) is 25.8. The van der Waals surface area contributed by atoms with Gasteiger partial charge >= 0.3 is 13.6 Å². The Kier molecular flexibility index (Phi) is 26.4. The van der Waals surface area contributed by atoms with Crippen molar-refractivity contribution in [1.29, 1.82) is 0 Å². The number of carbonyl (C=O) groups excluding carboxylic acids is 1. The Bertz CT molecular complexity index is 573. The van der Waals surface area contributed by atoms with Crippen LogP contribution in [0.5, 0.6) is 0 Å². The van der Waals surface area contributed by atoms with E-state index in [9.17, 15) is 14.3 Å². The maximum absolute atomic E-state index is 12.3. The van der Waals surface area contributed by atoms with Crippen LogP contribution in [0.2, 0.25) is 0 Å². The number of nitrogens with zero attached hydrogens (tertiary/aromatic N) is 1. The zero-order valence-electron chi connectivity index (χ0n) is 25.4. The predicted octanol–water partition coefficient (Wildman–Crippen LogP) is 8.13. The molecule has 0 radical (unpaired) electrons. The Morgan fingerprint density at radius 3 is 1.61 bits per heavy atom. The van der Waals surface area contributed by atoms with Crippen LogP contribution in [-0.2, 0) is 23.4 Å². The van der Waals surface area contributed by atoms with Crippen LogP contribution >= 0.6 is 7.60 Å². The molecule has 0 aromatic rings. The fourth-order valence-corrected chi connectivity index (χ4v) is 5.63. The van der Waals surface area contributed by atoms with Crippen LogP contribution in [0.1, 0.15) is 137 Å². The number of esters is 1. The van der Waals surface area contributed by atoms with Crippen LogP contribution in [0.15, 0.2) is 0 Å². The molecule has 7 nitrogen and oxygen atoms in total. The Morgan fingerprint density at radius 2 is 1.18 bits per heavy atom. The molecule has 0 saturated heterocycles. The summed E-state index contributed by atoms with van der Waals surface area (Å²) < 4.78 is 28.5. The third-order valence-electron chi connectivity index (χ3n) is 7.08. The van der Waals surface area contributed by atoms with Gasteiger partial charge in [-0.15, -0.1) is 0 Å². The normalized spacial score (nSPS) is 14.1. The highest BCUT2D eigenvalue weighted by Gasteiger charge is 2.24. The molecule has 38 heavy (non-hydrogen) atoms. The summed E-state index contributed by atoms with van der Waals surface area (Å²) in [5.74, 6) is -0.448. The minimum atomic E-state index is -3.74. The molecular weight excluding hydrogens is 501 g/mol. The Balaban J connectivity index is 3.69. The first-order chi connectivity index (χ1) is 18.3. The average Bonchev–Trinajstić information content (AvgIpc) is 2.88. The SMILES string of the molecule is CCCCCCCCCCCCCCCCCCCOCC(COP(=O)(O)CCN(CC)CC)OC(C)=O. The highest BCUT2D eigenvalue weighted by molar-refractivity contribution is 7.52. The lowest BCUT2D eigenvalue weighted by atomic mass is 10.0. The van der Waals surface area contributed by atoms with Crippen LogP contribution in [0.4, 0.5) is 0 Å². The molecule has 0 aliphatic heterocycles. The number of unbranched alkanes of at least 4 members (excludes halogenated alkanes) is 16. The second-order valence-electron chi connectivity index (χ2n) is 10.6. The molecule has 228 valence electrons. The van der Waals surface area contributed by atoms with Gasteiger partial charge in [0.25, 0.3) is 0 Å². The van der Waals surface area contributed by atoms with Crippen LogP contribution in [0, 0.1) is 0 Å². The van der Waals surface area contributed by atoms with E-state index >= 15 is 0 Å². The molecule has 2 unspecified atom stereocenters. The fraction of sp³-hybridized carbons (Fsp3) is 0.967. The van der Waals surface area contributed by atoms with E-state index in [1.807, 2.05) is 13.8 Å². The van der Waals surface area contributed by atoms with Gasteiger partial charge in [-0.25, -0.2) is 0 Å². The minimum absolute atomic E-state index is 0.0571. The molecule has 8 heteroatoms. The predicted molar refractivity (Wildman–Crippen MR) is 159 cm³/mol. The van der Waals surface area contributed by atoms with Gasteiger partial charge < -0.3 is 23.8 Å². The Morgan fingerprint density at radius 1 is 0.737 bits per heavy atom. The van der Waals surface area contributed by atoms with E-state index in [-0.39, 0.29) is 19.4 Å². The van der Waals surface area contributed by atoms with Crippen LogP contribution in [0.25, 0.3) is 0 Å². The zero-order chi connectivity index (χ0) is 28.3. The van der Waals surface area contributed by atoms with Crippen molar-refractivity contribution >= 4 is 13.6 Å². The highest BCUT2D eigenvalue weighted by atomic mass is 31.2. The molecule has 0 saturated carbocycles. The molecule has 2 atom stereocenters. The van der Waals surface area contributed by atoms with E-state index in [0.29, 0.717) is 13.2 Å². The smallest absolute Gasteiger partial charge is 0.329 e. The van der Waals surface area contributed by atoms with Gasteiger partial charge in [-0.05, 0) is 19.5 Å². The van der Waals surface area contributed by atoms with Gasteiger partial charge in [0.2, 0.25) is 0 Å². The second kappa shape index (κ2) is 26.7. The molecule has 0 aliphatic rings. The first kappa shape index (κ1) is 37.5. The molecule has 0 fully saturated rings. The Labute approximate surface area is 235 Å². The summed E-state index contributed by atoms with van der Waals surface area (Å²) in [7, 11) is -3.74. The summed E-state index contributed by atoms with van der Waals surface area (Å²) in [5.41, 5.74) is 0. The minimum Gasteiger partial charge on any atom is -0.458 e. The lowest BCUT2D eigenvalue weighted by molar-refractivity contribution is -0.151. The van der Waals surface area contributed by atoms with E-state index < -0.39 is 19.7 Å². The average molecular weight is 564 g/mol. The standard InChI is InChI=1S/C30H62NO6P/c1-5-8-9-10-11-12-13-14-15-16-17-18-19-20-21-22-23-25-35-27-30(37-29(4)32)28-36-38(33,34)26-24-31(6-2)7-3/h30H,5-28H2,1-4H3,(H,33,34). The van der Waals surface area contributed by atoms with Crippen LogP contribution < -0.4 is 0 Å². The lowest BCUT2D eigenvalue weighted by Crippen LogP contribution is -2.29. The maximum Gasteiger partial charge on any atom is 0.329 e. The summed E-state index contributed by atoms with van der Waals surface area (Å²) in [6.07, 6.45) is 22.1. The zero-order valence-corrected chi connectivity index (χ0v) is 26.3. The molecule has 0 rings (SSSR count). The highest BCUT2D eigenvalue weighted by Crippen LogP contribution is 2.41. The topological polar surface area (TPSA) is 85.3 Å². The number of ether oxygens (including phenoxy) is 2. The van der Waals surface area contributed by atoms with E-state index in [0.717, 1.165) is 25.9 Å². The molecule has 0 aliphatic carbocycles. The Hall–Kier alpha value is -0.460. The summed E-state index contributed by atoms with van der Waals surface area (Å²) in [4.78, 5) is 23.6. The summed E-state index contributed by atoms with van der Waals surface area (Å²) >= 11 is 0. The van der Waals surface area contributed by atoms with Crippen molar-refractivity contribution in [3.63, 3.8) is 0 Å². The number of rotatable bonds is 29. The summed E-state index contributed by atoms with van der Waals surface area (Å²) in [6.45, 7) is 10.4. The molecule has 0 spiro atoms. The van der Waals surface area contributed by atoms with E-state index in [1.54, 1.807) is 0 Å². The molecule has 1 N–H and O–H groups in total. The van der Waals surface area contributed by atoms with Crippen molar-refractivity contribution in [3.8, 4) is 0 Å². The molecule has 0 amide bonds. The summed E-state index contributed by atoms with van der Waals surface area (Å²) in [5, 5.41) is 0. The van der Waals surface area contributed by atoms with Crippen LogP contribution in [-0.4, -0.2) is 67.5 Å². The van der Waals surface area contributed by atoms with Crippen molar-refractivity contribution in [2.24, 2.45) is 0 Å². The molecule has 0 aromatic heterocycles. The van der Waals surface area contributed by atoms with Gasteiger partial charge in [-0.1, -0.05) is 124 Å². The molecule has 0 aromatic carbocycles. The van der Waals surface area contributed by atoms with Crippen molar-refractivity contribution in [2.75, 3.05) is 45.6 Å². The van der Waals surface area contributed by atoms with Gasteiger partial charge in [0.15, 0.2) is 0 Å². The molecule has 0 heterocycles. The van der Waals surface area contributed by atoms with E-state index in [2.05, 4.69) is 11.8 Å². The van der Waals surface area contributed by atoms with Crippen molar-refractivity contribution < 1.29 is 28.3 Å². The fourth-order valence-electron chi connectivity index (χ4n) is 4.57. The van der Waals surface area contributed by atoms with Gasteiger partial charge in [-0.3, -0.25) is 9.36 Å². The quantitative estimate of drug-likeness (QED) is 0.0558. The second-order valence-corrected chi connectivity index (χ2v) is 12.6. The lowest BCUT2D eigenvalue weighted by Gasteiger charge is -2.22. The third-order valence-corrected chi connectivity index (χ3v) is 8.40. The van der Waals surface area contributed by atoms with E-state index in [4.69, 9.17) is 14.0 Å². The van der Waals surface area contributed by atoms with Gasteiger partial charge in [0, 0.05) is 20.1 Å². The first-order valence-electron chi connectivity index (χ1n) is 15.8. The molecule has 0 bridgehead atoms.